The van der Waals surface area contributed by atoms with Crippen LogP contribution in [0.15, 0.2) is 18.2 Å². The minimum Gasteiger partial charge on any atom is -0.434 e. The Kier molecular flexibility index (Phi) is 3.71. The number of amides is 2. The number of cyclic esters (lactones) is 1. The lowest BCUT2D eigenvalue weighted by Gasteiger charge is -2.15. The first-order chi connectivity index (χ1) is 12.1. The van der Waals surface area contributed by atoms with Crippen LogP contribution >= 0.6 is 0 Å². The zero-order chi connectivity index (χ0) is 17.6. The monoisotopic (exact) mass is 340 g/mol. The highest BCUT2D eigenvalue weighted by atomic mass is 16.6. The number of fused-ring (bicyclic) bond motifs is 3. The lowest BCUT2D eigenvalue weighted by Crippen LogP contribution is -2.32. The predicted molar refractivity (Wildman–Crippen MR) is 92.2 cm³/mol. The Balaban J connectivity index is 1.70. The van der Waals surface area contributed by atoms with Gasteiger partial charge in [0.15, 0.2) is 6.10 Å². The van der Waals surface area contributed by atoms with Crippen LogP contribution in [0.1, 0.15) is 30.2 Å². The van der Waals surface area contributed by atoms with Gasteiger partial charge in [-0.15, -0.1) is 0 Å². The van der Waals surface area contributed by atoms with Crippen LogP contribution in [0.3, 0.4) is 0 Å². The summed E-state index contributed by atoms with van der Waals surface area (Å²) in [5.74, 6) is -0.626. The van der Waals surface area contributed by atoms with Gasteiger partial charge in [0.2, 0.25) is 0 Å². The molecule has 0 radical (unpaired) electrons. The van der Waals surface area contributed by atoms with Crippen LogP contribution in [0, 0.1) is 0 Å². The van der Waals surface area contributed by atoms with E-state index in [2.05, 4.69) is 17.1 Å². The van der Waals surface area contributed by atoms with Crippen LogP contribution < -0.4 is 10.6 Å². The van der Waals surface area contributed by atoms with E-state index in [0.29, 0.717) is 0 Å². The lowest BCUT2D eigenvalue weighted by atomic mass is 10.0. The molecule has 130 valence electrons. The number of carbonyl (C=O) groups excluding carboxylic acids is 2. The topological polar surface area (TPSA) is 101 Å². The summed E-state index contributed by atoms with van der Waals surface area (Å²) in [5, 5.41) is 7.66. The fourth-order valence-corrected chi connectivity index (χ4v) is 3.65. The van der Waals surface area contributed by atoms with Gasteiger partial charge in [0.05, 0.1) is 12.2 Å². The molecular formula is C18H20N4O3. The molecule has 7 nitrogen and oxygen atoms in total. The van der Waals surface area contributed by atoms with Crippen LogP contribution in [-0.4, -0.2) is 34.8 Å². The second kappa shape index (κ2) is 5.91. The highest BCUT2D eigenvalue weighted by Gasteiger charge is 2.36. The Morgan fingerprint density at radius 2 is 2.28 bits per heavy atom. The smallest absolute Gasteiger partial charge is 0.415 e. The fraction of sp³-hybridized carbons (Fsp3) is 0.389. The van der Waals surface area contributed by atoms with Crippen molar-refractivity contribution in [2.24, 2.45) is 5.73 Å². The molecule has 0 unspecified atom stereocenters. The lowest BCUT2D eigenvalue weighted by molar-refractivity contribution is -0.124. The molecule has 4 rings (SSSR count). The number of H-pyrrole nitrogens is 1. The second-order valence-corrected chi connectivity index (χ2v) is 6.46. The van der Waals surface area contributed by atoms with Gasteiger partial charge in [-0.3, -0.25) is 14.8 Å². The largest absolute Gasteiger partial charge is 0.434 e. The molecule has 1 fully saturated rings. The maximum Gasteiger partial charge on any atom is 0.415 e. The summed E-state index contributed by atoms with van der Waals surface area (Å²) in [6, 6.07) is 5.87. The number of nitrogens with zero attached hydrogens (tertiary/aromatic N) is 2. The maximum atomic E-state index is 12.0. The van der Waals surface area contributed by atoms with Gasteiger partial charge >= 0.3 is 6.09 Å². The number of anilines is 1. The van der Waals surface area contributed by atoms with Crippen molar-refractivity contribution in [3.8, 4) is 11.3 Å². The van der Waals surface area contributed by atoms with Crippen LogP contribution in [0.2, 0.25) is 0 Å². The summed E-state index contributed by atoms with van der Waals surface area (Å²) in [5.41, 5.74) is 11.7. The van der Waals surface area contributed by atoms with E-state index >= 15 is 0 Å². The van der Waals surface area contributed by atoms with E-state index in [4.69, 9.17) is 10.5 Å². The van der Waals surface area contributed by atoms with Gasteiger partial charge in [-0.05, 0) is 43.4 Å². The minimum atomic E-state index is -0.892. The van der Waals surface area contributed by atoms with Gasteiger partial charge < -0.3 is 10.5 Å². The number of aromatic nitrogens is 2. The molecule has 1 aromatic heterocycles. The fourth-order valence-electron chi connectivity index (χ4n) is 3.65. The predicted octanol–water partition coefficient (Wildman–Crippen LogP) is 1.94. The summed E-state index contributed by atoms with van der Waals surface area (Å²) in [7, 11) is 0. The van der Waals surface area contributed by atoms with E-state index in [9.17, 15) is 9.59 Å². The van der Waals surface area contributed by atoms with E-state index in [1.807, 2.05) is 18.2 Å². The summed E-state index contributed by atoms with van der Waals surface area (Å²) in [6.45, 7) is 2.28. The van der Waals surface area contributed by atoms with E-state index in [0.717, 1.165) is 48.2 Å². The van der Waals surface area contributed by atoms with Crippen LogP contribution in [0.25, 0.3) is 11.3 Å². The van der Waals surface area contributed by atoms with Gasteiger partial charge in [0.25, 0.3) is 5.91 Å². The zero-order valence-electron chi connectivity index (χ0n) is 14.0. The third kappa shape index (κ3) is 2.56. The number of hydrogen-bond donors (Lipinski definition) is 2. The molecule has 1 atom stereocenters. The Hall–Kier alpha value is -2.83. The molecule has 2 aromatic rings. The number of primary amides is 1. The molecule has 1 aliphatic carbocycles. The first-order valence-corrected chi connectivity index (χ1v) is 8.55. The zero-order valence-corrected chi connectivity index (χ0v) is 14.0. The highest BCUT2D eigenvalue weighted by molar-refractivity contribution is 5.95. The summed E-state index contributed by atoms with van der Waals surface area (Å²) in [6.07, 6.45) is 2.45. The Morgan fingerprint density at radius 1 is 1.44 bits per heavy atom. The van der Waals surface area contributed by atoms with Crippen molar-refractivity contribution in [3.05, 3.63) is 35.0 Å². The van der Waals surface area contributed by atoms with Crippen LogP contribution in [-0.2, 0) is 28.8 Å². The van der Waals surface area contributed by atoms with Crippen molar-refractivity contribution in [2.75, 3.05) is 11.4 Å². The van der Waals surface area contributed by atoms with Crippen molar-refractivity contribution >= 4 is 17.7 Å². The molecule has 3 N–H and O–H groups in total. The number of ether oxygens (including phenoxy) is 1. The van der Waals surface area contributed by atoms with Gasteiger partial charge in [0.1, 0.15) is 0 Å². The van der Waals surface area contributed by atoms with E-state index < -0.39 is 18.1 Å². The summed E-state index contributed by atoms with van der Waals surface area (Å²) >= 11 is 0. The number of nitrogens with two attached hydrogens (primary N) is 1. The molecule has 2 aliphatic rings. The Bertz CT molecular complexity index is 858. The van der Waals surface area contributed by atoms with Crippen molar-refractivity contribution in [1.82, 2.24) is 10.2 Å². The van der Waals surface area contributed by atoms with Crippen LogP contribution in [0.5, 0.6) is 0 Å². The molecule has 1 saturated heterocycles. The Labute approximate surface area is 145 Å². The number of aryl methyl sites for hydroxylation is 2. The summed E-state index contributed by atoms with van der Waals surface area (Å²) in [4.78, 5) is 24.8. The van der Waals surface area contributed by atoms with Crippen molar-refractivity contribution in [2.45, 2.75) is 38.7 Å². The molecule has 0 spiro atoms. The van der Waals surface area contributed by atoms with Crippen LogP contribution in [0.4, 0.5) is 10.5 Å². The normalized spacial score (nSPS) is 19.2. The first-order valence-electron chi connectivity index (χ1n) is 8.55. The summed E-state index contributed by atoms with van der Waals surface area (Å²) < 4.78 is 5.03. The minimum absolute atomic E-state index is 0.153. The van der Waals surface area contributed by atoms with Gasteiger partial charge in [-0.2, -0.15) is 5.10 Å². The first kappa shape index (κ1) is 15.7. The van der Waals surface area contributed by atoms with E-state index in [1.165, 1.54) is 16.2 Å². The quantitative estimate of drug-likeness (QED) is 0.891. The average molecular weight is 340 g/mol. The third-order valence-corrected chi connectivity index (χ3v) is 4.96. The van der Waals surface area contributed by atoms with Crippen molar-refractivity contribution in [1.29, 1.82) is 0 Å². The third-order valence-electron chi connectivity index (χ3n) is 4.96. The number of benzene rings is 1. The van der Waals surface area contributed by atoms with Crippen molar-refractivity contribution < 1.29 is 14.3 Å². The number of rotatable bonds is 3. The molecule has 25 heavy (non-hydrogen) atoms. The molecular weight excluding hydrogens is 320 g/mol. The molecule has 2 amide bonds. The maximum absolute atomic E-state index is 12.0. The second-order valence-electron chi connectivity index (χ2n) is 6.46. The number of carbonyl (C=O) groups is 2. The van der Waals surface area contributed by atoms with Gasteiger partial charge in [-0.1, -0.05) is 13.0 Å². The number of hydrogen-bond acceptors (Lipinski definition) is 4. The molecule has 1 aliphatic heterocycles. The van der Waals surface area contributed by atoms with E-state index in [1.54, 1.807) is 0 Å². The van der Waals surface area contributed by atoms with Crippen molar-refractivity contribution in [3.63, 3.8) is 0 Å². The molecule has 0 saturated carbocycles. The number of nitrogens with one attached hydrogen (secondary N) is 1. The molecule has 1 aromatic carbocycles. The molecule has 0 bridgehead atoms. The Morgan fingerprint density at radius 3 is 3.00 bits per heavy atom. The SMILES string of the molecule is CCc1[nH]nc2c1CCCc1cc(N3C[C@H](C(N)=O)OC3=O)ccc1-2. The van der Waals surface area contributed by atoms with Gasteiger partial charge in [-0.25, -0.2) is 4.79 Å². The highest BCUT2D eigenvalue weighted by Crippen LogP contribution is 2.35. The standard InChI is InChI=1S/C18H20N4O3/c1-2-14-13-5-3-4-10-8-11(6-7-12(10)16(13)21-20-14)22-9-15(17(19)23)25-18(22)24/h6-8,15H,2-5,9H2,1H3,(H2,19,23)(H,20,21)/t15-/m1/s1. The average Bonchev–Trinajstić information content (AvgIpc) is 3.13. The number of aromatic amines is 1. The molecule has 2 heterocycles. The molecule has 7 heteroatoms. The van der Waals surface area contributed by atoms with E-state index in [-0.39, 0.29) is 6.54 Å². The van der Waals surface area contributed by atoms with Gasteiger partial charge in [0, 0.05) is 22.5 Å².